The average Bonchev–Trinajstić information content (AvgIpc) is 2.63. The monoisotopic (exact) mass is 249 g/mol. The first kappa shape index (κ1) is 10.4. The summed E-state index contributed by atoms with van der Waals surface area (Å²) >= 11 is 13.4. The van der Waals surface area contributed by atoms with E-state index in [0.29, 0.717) is 10.0 Å². The number of hydrogen-bond acceptors (Lipinski definition) is 3. The summed E-state index contributed by atoms with van der Waals surface area (Å²) in [5, 5.41) is 14.0. The van der Waals surface area contributed by atoms with Crippen LogP contribution in [0, 0.1) is 0 Å². The zero-order valence-electron chi connectivity index (χ0n) is 7.26. The van der Waals surface area contributed by atoms with E-state index in [2.05, 4.69) is 5.32 Å². The van der Waals surface area contributed by atoms with Crippen LogP contribution in [0.3, 0.4) is 0 Å². The third-order valence-electron chi connectivity index (χ3n) is 2.06. The molecule has 1 saturated heterocycles. The van der Waals surface area contributed by atoms with Gasteiger partial charge in [-0.3, -0.25) is 0 Å². The lowest BCUT2D eigenvalue weighted by molar-refractivity contribution is 0.465. The van der Waals surface area contributed by atoms with Gasteiger partial charge in [0, 0.05) is 22.9 Å². The van der Waals surface area contributed by atoms with Gasteiger partial charge in [0.15, 0.2) is 0 Å². The Kier molecular flexibility index (Phi) is 3.12. The van der Waals surface area contributed by atoms with Crippen LogP contribution in [-0.4, -0.2) is 17.4 Å². The number of phenolic OH excluding ortho intramolecular Hbond substituents is 1. The molecule has 1 aliphatic heterocycles. The minimum atomic E-state index is 0.103. The van der Waals surface area contributed by atoms with E-state index in [9.17, 15) is 5.11 Å². The third-order valence-corrected chi connectivity index (χ3v) is 3.76. The van der Waals surface area contributed by atoms with E-state index in [0.717, 1.165) is 17.9 Å². The molecule has 0 amide bonds. The molecule has 1 aromatic carbocycles. The second-order valence-electron chi connectivity index (χ2n) is 3.03. The van der Waals surface area contributed by atoms with Crippen molar-refractivity contribution in [3.05, 3.63) is 27.7 Å². The molecule has 0 saturated carbocycles. The molecule has 1 atom stereocenters. The SMILES string of the molecule is Oc1c(Cl)cc(Cl)cc1C1NCCS1. The van der Waals surface area contributed by atoms with Gasteiger partial charge < -0.3 is 10.4 Å². The molecule has 1 unspecified atom stereocenters. The van der Waals surface area contributed by atoms with Crippen molar-refractivity contribution >= 4 is 35.0 Å². The van der Waals surface area contributed by atoms with Crippen molar-refractivity contribution < 1.29 is 5.11 Å². The molecule has 0 spiro atoms. The summed E-state index contributed by atoms with van der Waals surface area (Å²) in [5.74, 6) is 1.16. The predicted octanol–water partition coefficient (Wildman–Crippen LogP) is 3.03. The van der Waals surface area contributed by atoms with E-state index in [1.54, 1.807) is 23.9 Å². The fraction of sp³-hybridized carbons (Fsp3) is 0.333. The van der Waals surface area contributed by atoms with Crippen molar-refractivity contribution in [2.75, 3.05) is 12.3 Å². The summed E-state index contributed by atoms with van der Waals surface area (Å²) < 4.78 is 0. The van der Waals surface area contributed by atoms with Gasteiger partial charge in [-0.15, -0.1) is 11.8 Å². The Balaban J connectivity index is 2.40. The van der Waals surface area contributed by atoms with Crippen molar-refractivity contribution in [3.8, 4) is 5.75 Å². The molecule has 1 fully saturated rings. The van der Waals surface area contributed by atoms with Crippen LogP contribution in [0.1, 0.15) is 10.9 Å². The summed E-state index contributed by atoms with van der Waals surface area (Å²) in [7, 11) is 0. The smallest absolute Gasteiger partial charge is 0.139 e. The Morgan fingerprint density at radius 1 is 1.43 bits per heavy atom. The lowest BCUT2D eigenvalue weighted by atomic mass is 10.2. The highest BCUT2D eigenvalue weighted by atomic mass is 35.5. The topological polar surface area (TPSA) is 32.3 Å². The van der Waals surface area contributed by atoms with Gasteiger partial charge in [-0.1, -0.05) is 23.2 Å². The number of hydrogen-bond donors (Lipinski definition) is 2. The molecule has 76 valence electrons. The summed E-state index contributed by atoms with van der Waals surface area (Å²) in [6.45, 7) is 0.943. The lowest BCUT2D eigenvalue weighted by Gasteiger charge is -2.13. The molecule has 2 N–H and O–H groups in total. The van der Waals surface area contributed by atoms with Crippen molar-refractivity contribution in [2.45, 2.75) is 5.37 Å². The van der Waals surface area contributed by atoms with Crippen molar-refractivity contribution in [1.82, 2.24) is 5.32 Å². The molecule has 0 radical (unpaired) electrons. The molecule has 5 heteroatoms. The van der Waals surface area contributed by atoms with Gasteiger partial charge in [-0.25, -0.2) is 0 Å². The van der Waals surface area contributed by atoms with Crippen LogP contribution in [0.15, 0.2) is 12.1 Å². The summed E-state index contributed by atoms with van der Waals surface area (Å²) in [6.07, 6.45) is 0. The quantitative estimate of drug-likeness (QED) is 0.803. The molecule has 0 aromatic heterocycles. The average molecular weight is 250 g/mol. The fourth-order valence-corrected chi connectivity index (χ4v) is 2.99. The highest BCUT2D eigenvalue weighted by Gasteiger charge is 2.21. The Morgan fingerprint density at radius 3 is 2.86 bits per heavy atom. The van der Waals surface area contributed by atoms with Gasteiger partial charge in [0.05, 0.1) is 10.4 Å². The maximum absolute atomic E-state index is 9.74. The van der Waals surface area contributed by atoms with E-state index in [-0.39, 0.29) is 11.1 Å². The molecule has 0 bridgehead atoms. The Morgan fingerprint density at radius 2 is 2.21 bits per heavy atom. The first-order valence-electron chi connectivity index (χ1n) is 4.21. The van der Waals surface area contributed by atoms with Crippen LogP contribution in [0.4, 0.5) is 0 Å². The van der Waals surface area contributed by atoms with Gasteiger partial charge in [-0.05, 0) is 12.1 Å². The maximum atomic E-state index is 9.74. The first-order valence-corrected chi connectivity index (χ1v) is 6.02. The van der Waals surface area contributed by atoms with E-state index in [1.165, 1.54) is 0 Å². The van der Waals surface area contributed by atoms with Crippen LogP contribution in [-0.2, 0) is 0 Å². The van der Waals surface area contributed by atoms with Crippen LogP contribution < -0.4 is 5.32 Å². The van der Waals surface area contributed by atoms with Crippen LogP contribution in [0.5, 0.6) is 5.75 Å². The summed E-state index contributed by atoms with van der Waals surface area (Å²) in [6, 6.07) is 3.29. The molecule has 1 aromatic rings. The summed E-state index contributed by atoms with van der Waals surface area (Å²) in [5.41, 5.74) is 0.769. The normalized spacial score (nSPS) is 21.4. The van der Waals surface area contributed by atoms with Gasteiger partial charge in [0.1, 0.15) is 5.75 Å². The zero-order chi connectivity index (χ0) is 10.1. The third kappa shape index (κ3) is 1.96. The maximum Gasteiger partial charge on any atom is 0.139 e. The molecule has 1 heterocycles. The molecule has 14 heavy (non-hydrogen) atoms. The number of aromatic hydroxyl groups is 1. The highest BCUT2D eigenvalue weighted by molar-refractivity contribution is 7.99. The standard InChI is InChI=1S/C9H9Cl2NOS/c10-5-3-6(8(13)7(11)4-5)9-12-1-2-14-9/h3-4,9,12-13H,1-2H2. The molecular formula is C9H9Cl2NOS. The second kappa shape index (κ2) is 4.19. The Hall–Kier alpha value is -0.0900. The summed E-state index contributed by atoms with van der Waals surface area (Å²) in [4.78, 5) is 0. The van der Waals surface area contributed by atoms with E-state index in [4.69, 9.17) is 23.2 Å². The van der Waals surface area contributed by atoms with Crippen molar-refractivity contribution in [3.63, 3.8) is 0 Å². The Bertz CT molecular complexity index is 353. The van der Waals surface area contributed by atoms with E-state index < -0.39 is 0 Å². The lowest BCUT2D eigenvalue weighted by Crippen LogP contribution is -2.12. The number of rotatable bonds is 1. The molecule has 2 rings (SSSR count). The van der Waals surface area contributed by atoms with Crippen LogP contribution in [0.25, 0.3) is 0 Å². The van der Waals surface area contributed by atoms with Gasteiger partial charge in [-0.2, -0.15) is 0 Å². The van der Waals surface area contributed by atoms with Crippen LogP contribution in [0.2, 0.25) is 10.0 Å². The molecular weight excluding hydrogens is 241 g/mol. The molecule has 2 nitrogen and oxygen atoms in total. The highest BCUT2D eigenvalue weighted by Crippen LogP contribution is 2.40. The first-order chi connectivity index (χ1) is 6.68. The molecule has 1 aliphatic rings. The van der Waals surface area contributed by atoms with E-state index >= 15 is 0 Å². The van der Waals surface area contributed by atoms with Crippen molar-refractivity contribution in [2.24, 2.45) is 0 Å². The zero-order valence-corrected chi connectivity index (χ0v) is 9.59. The number of phenols is 1. The minimum absolute atomic E-state index is 0.103. The second-order valence-corrected chi connectivity index (χ2v) is 5.09. The number of thioether (sulfide) groups is 1. The number of benzene rings is 1. The largest absolute Gasteiger partial charge is 0.506 e. The van der Waals surface area contributed by atoms with Crippen molar-refractivity contribution in [1.29, 1.82) is 0 Å². The number of halogens is 2. The van der Waals surface area contributed by atoms with Gasteiger partial charge >= 0.3 is 0 Å². The van der Waals surface area contributed by atoms with Gasteiger partial charge in [0.2, 0.25) is 0 Å². The predicted molar refractivity (Wildman–Crippen MR) is 61.3 cm³/mol. The minimum Gasteiger partial charge on any atom is -0.506 e. The molecule has 0 aliphatic carbocycles. The number of nitrogens with one attached hydrogen (secondary N) is 1. The van der Waals surface area contributed by atoms with Crippen LogP contribution >= 0.6 is 35.0 Å². The van der Waals surface area contributed by atoms with E-state index in [1.807, 2.05) is 0 Å². The fourth-order valence-electron chi connectivity index (χ4n) is 1.41. The van der Waals surface area contributed by atoms with Gasteiger partial charge in [0.25, 0.3) is 0 Å². The Labute approximate surface area is 96.6 Å².